The highest BCUT2D eigenvalue weighted by Crippen LogP contribution is 2.18. The molecule has 1 saturated heterocycles. The highest BCUT2D eigenvalue weighted by Gasteiger charge is 2.16. The molecule has 1 aromatic carbocycles. The van der Waals surface area contributed by atoms with Crippen molar-refractivity contribution in [2.75, 3.05) is 32.0 Å². The van der Waals surface area contributed by atoms with E-state index in [-0.39, 0.29) is 4.90 Å². The summed E-state index contributed by atoms with van der Waals surface area (Å²) in [6.07, 6.45) is 2.36. The summed E-state index contributed by atoms with van der Waals surface area (Å²) in [7, 11) is -1.48. The number of nitrogens with two attached hydrogens (primary N) is 1. The van der Waals surface area contributed by atoms with E-state index in [1.807, 2.05) is 6.07 Å². The largest absolute Gasteiger partial charge is 0.385 e. The fourth-order valence-electron chi connectivity index (χ4n) is 2.31. The Kier molecular flexibility index (Phi) is 4.44. The van der Waals surface area contributed by atoms with Crippen LogP contribution in [0.5, 0.6) is 0 Å². The van der Waals surface area contributed by atoms with Crippen LogP contribution >= 0.6 is 0 Å². The smallest absolute Gasteiger partial charge is 0.238 e. The number of nitrogens with one attached hydrogen (secondary N) is 1. The van der Waals surface area contributed by atoms with Gasteiger partial charge in [-0.3, -0.25) is 0 Å². The summed E-state index contributed by atoms with van der Waals surface area (Å²) in [6.45, 7) is 3.13. The third-order valence-electron chi connectivity index (χ3n) is 3.60. The second-order valence-electron chi connectivity index (χ2n) is 5.20. The van der Waals surface area contributed by atoms with Crippen molar-refractivity contribution in [3.05, 3.63) is 24.3 Å². The van der Waals surface area contributed by atoms with Crippen LogP contribution in [0.15, 0.2) is 29.2 Å². The van der Waals surface area contributed by atoms with Gasteiger partial charge in [0.05, 0.1) is 4.90 Å². The molecule has 1 aliphatic heterocycles. The number of sulfonamides is 1. The van der Waals surface area contributed by atoms with Crippen LogP contribution in [0, 0.1) is 5.92 Å². The molecule has 1 heterocycles. The molecule has 6 heteroatoms. The topological polar surface area (TPSA) is 75.4 Å². The van der Waals surface area contributed by atoms with Crippen LogP contribution in [-0.4, -0.2) is 40.0 Å². The first-order valence-electron chi connectivity index (χ1n) is 6.50. The van der Waals surface area contributed by atoms with Gasteiger partial charge in [0, 0.05) is 12.2 Å². The zero-order valence-electron chi connectivity index (χ0n) is 11.2. The first kappa shape index (κ1) is 14.3. The third-order valence-corrected chi connectivity index (χ3v) is 4.51. The number of benzene rings is 1. The molecule has 0 unspecified atom stereocenters. The van der Waals surface area contributed by atoms with E-state index >= 15 is 0 Å². The number of likely N-dealkylation sites (tertiary alicyclic amines) is 1. The molecule has 0 atom stereocenters. The molecular weight excluding hydrogens is 262 g/mol. The van der Waals surface area contributed by atoms with E-state index in [9.17, 15) is 8.42 Å². The minimum absolute atomic E-state index is 0.154. The normalized spacial score (nSPS) is 18.4. The van der Waals surface area contributed by atoms with Gasteiger partial charge in [-0.15, -0.1) is 0 Å². The maximum atomic E-state index is 11.3. The molecule has 2 rings (SSSR count). The van der Waals surface area contributed by atoms with Gasteiger partial charge >= 0.3 is 0 Å². The summed E-state index contributed by atoms with van der Waals surface area (Å²) in [5, 5.41) is 8.42. The fourth-order valence-corrected chi connectivity index (χ4v) is 2.87. The van der Waals surface area contributed by atoms with Crippen LogP contribution in [0.3, 0.4) is 0 Å². The average Bonchev–Trinajstić information content (AvgIpc) is 2.37. The minimum Gasteiger partial charge on any atom is -0.385 e. The van der Waals surface area contributed by atoms with Crippen LogP contribution in [0.4, 0.5) is 5.69 Å². The lowest BCUT2D eigenvalue weighted by molar-refractivity contribution is 0.226. The molecule has 19 heavy (non-hydrogen) atoms. The van der Waals surface area contributed by atoms with Crippen LogP contribution in [0.1, 0.15) is 12.8 Å². The molecule has 1 aliphatic rings. The standard InChI is InChI=1S/C13H21N3O2S/c1-16-7-5-11(6-8-16)10-15-12-3-2-4-13(9-12)19(14,17)18/h2-4,9,11,15H,5-8,10H2,1H3,(H2,14,17,18). The number of rotatable bonds is 4. The van der Waals surface area contributed by atoms with E-state index in [4.69, 9.17) is 5.14 Å². The Morgan fingerprint density at radius 1 is 1.37 bits per heavy atom. The van der Waals surface area contributed by atoms with Crippen molar-refractivity contribution in [3.63, 3.8) is 0 Å². The molecule has 5 nitrogen and oxygen atoms in total. The van der Waals surface area contributed by atoms with E-state index < -0.39 is 10.0 Å². The molecule has 106 valence electrons. The van der Waals surface area contributed by atoms with Gasteiger partial charge in [-0.25, -0.2) is 13.6 Å². The van der Waals surface area contributed by atoms with Gasteiger partial charge < -0.3 is 10.2 Å². The van der Waals surface area contributed by atoms with Crippen molar-refractivity contribution in [3.8, 4) is 0 Å². The first-order chi connectivity index (χ1) is 8.95. The molecule has 0 radical (unpaired) electrons. The molecule has 0 bridgehead atoms. The van der Waals surface area contributed by atoms with Gasteiger partial charge in [-0.2, -0.15) is 0 Å². The van der Waals surface area contributed by atoms with Crippen LogP contribution in [0.2, 0.25) is 0 Å². The summed E-state index contributed by atoms with van der Waals surface area (Å²) in [6, 6.07) is 6.67. The maximum Gasteiger partial charge on any atom is 0.238 e. The Hall–Kier alpha value is -1.11. The van der Waals surface area contributed by atoms with Crippen LogP contribution < -0.4 is 10.5 Å². The van der Waals surface area contributed by atoms with Crippen LogP contribution in [0.25, 0.3) is 0 Å². The molecule has 0 aromatic heterocycles. The van der Waals surface area contributed by atoms with E-state index in [1.165, 1.54) is 18.9 Å². The van der Waals surface area contributed by atoms with Crippen molar-refractivity contribution in [1.29, 1.82) is 0 Å². The zero-order valence-corrected chi connectivity index (χ0v) is 12.0. The molecule has 3 N–H and O–H groups in total. The van der Waals surface area contributed by atoms with E-state index in [0.29, 0.717) is 5.92 Å². The Labute approximate surface area is 114 Å². The lowest BCUT2D eigenvalue weighted by Gasteiger charge is -2.29. The molecular formula is C13H21N3O2S. The van der Waals surface area contributed by atoms with Gasteiger partial charge in [0.1, 0.15) is 0 Å². The molecule has 1 aromatic rings. The van der Waals surface area contributed by atoms with Gasteiger partial charge in [0.15, 0.2) is 0 Å². The van der Waals surface area contributed by atoms with Crippen LogP contribution in [-0.2, 0) is 10.0 Å². The molecule has 0 amide bonds. The van der Waals surface area contributed by atoms with E-state index in [0.717, 1.165) is 25.3 Å². The first-order valence-corrected chi connectivity index (χ1v) is 8.05. The predicted octanol–water partition coefficient (Wildman–Crippen LogP) is 1.09. The lowest BCUT2D eigenvalue weighted by Crippen LogP contribution is -2.32. The summed E-state index contributed by atoms with van der Waals surface area (Å²) < 4.78 is 22.5. The molecule has 0 spiro atoms. The SMILES string of the molecule is CN1CCC(CNc2cccc(S(N)(=O)=O)c2)CC1. The van der Waals surface area contributed by atoms with Crippen molar-refractivity contribution in [1.82, 2.24) is 4.90 Å². The number of nitrogens with zero attached hydrogens (tertiary/aromatic N) is 1. The van der Waals surface area contributed by atoms with Gasteiger partial charge in [-0.05, 0) is 57.1 Å². The molecule has 0 aliphatic carbocycles. The van der Waals surface area contributed by atoms with E-state index in [2.05, 4.69) is 17.3 Å². The van der Waals surface area contributed by atoms with E-state index in [1.54, 1.807) is 12.1 Å². The second-order valence-corrected chi connectivity index (χ2v) is 6.76. The summed E-state index contributed by atoms with van der Waals surface area (Å²) in [4.78, 5) is 2.49. The van der Waals surface area contributed by atoms with Crippen molar-refractivity contribution in [2.24, 2.45) is 11.1 Å². The van der Waals surface area contributed by atoms with Crippen molar-refractivity contribution in [2.45, 2.75) is 17.7 Å². The minimum atomic E-state index is -3.62. The number of primary sulfonamides is 1. The van der Waals surface area contributed by atoms with Gasteiger partial charge in [0.25, 0.3) is 0 Å². The summed E-state index contributed by atoms with van der Waals surface area (Å²) >= 11 is 0. The Balaban J connectivity index is 1.93. The summed E-state index contributed by atoms with van der Waals surface area (Å²) in [5.41, 5.74) is 0.811. The average molecular weight is 283 g/mol. The van der Waals surface area contributed by atoms with Crippen molar-refractivity contribution >= 4 is 15.7 Å². The highest BCUT2D eigenvalue weighted by atomic mass is 32.2. The maximum absolute atomic E-state index is 11.3. The molecule has 0 saturated carbocycles. The quantitative estimate of drug-likeness (QED) is 0.867. The number of anilines is 1. The third kappa shape index (κ3) is 4.19. The molecule has 1 fully saturated rings. The summed E-state index contributed by atoms with van der Waals surface area (Å²) in [5.74, 6) is 0.648. The second kappa shape index (κ2) is 5.90. The lowest BCUT2D eigenvalue weighted by atomic mass is 9.97. The number of hydrogen-bond acceptors (Lipinski definition) is 4. The highest BCUT2D eigenvalue weighted by molar-refractivity contribution is 7.89. The number of piperidine rings is 1. The Bertz CT molecular complexity index is 522. The van der Waals surface area contributed by atoms with Gasteiger partial charge in [0.2, 0.25) is 10.0 Å². The fraction of sp³-hybridized carbons (Fsp3) is 0.538. The van der Waals surface area contributed by atoms with Crippen molar-refractivity contribution < 1.29 is 8.42 Å². The monoisotopic (exact) mass is 283 g/mol. The number of hydrogen-bond donors (Lipinski definition) is 2. The zero-order chi connectivity index (χ0) is 13.9. The Morgan fingerprint density at radius 3 is 2.68 bits per heavy atom. The van der Waals surface area contributed by atoms with Gasteiger partial charge in [-0.1, -0.05) is 6.07 Å². The Morgan fingerprint density at radius 2 is 2.05 bits per heavy atom. The predicted molar refractivity (Wildman–Crippen MR) is 76.5 cm³/mol.